The number of halogens is 1. The number of amides is 2. The fourth-order valence-corrected chi connectivity index (χ4v) is 7.86. The molecule has 0 saturated heterocycles. The summed E-state index contributed by atoms with van der Waals surface area (Å²) in [5.41, 5.74) is 4.46. The zero-order valence-electron chi connectivity index (χ0n) is 21.5. The van der Waals surface area contributed by atoms with E-state index >= 15 is 0 Å². The van der Waals surface area contributed by atoms with Crippen molar-refractivity contribution in [2.45, 2.75) is 84.3 Å². The highest BCUT2D eigenvalue weighted by molar-refractivity contribution is 7.17. The number of aryl methyl sites for hydroxylation is 2. The van der Waals surface area contributed by atoms with Gasteiger partial charge in [0.25, 0.3) is 0 Å². The molecule has 2 amide bonds. The van der Waals surface area contributed by atoms with Crippen LogP contribution < -0.4 is 10.6 Å². The van der Waals surface area contributed by atoms with E-state index in [0.717, 1.165) is 66.5 Å². The molecule has 196 valence electrons. The van der Waals surface area contributed by atoms with Crippen molar-refractivity contribution < 1.29 is 14.3 Å². The maximum Gasteiger partial charge on any atom is 0.341 e. The third kappa shape index (κ3) is 5.86. The van der Waals surface area contributed by atoms with Crippen molar-refractivity contribution in [3.63, 3.8) is 0 Å². The minimum atomic E-state index is -0.606. The molecule has 0 radical (unpaired) electrons. The number of pyridine rings is 1. The SMILES string of the molecule is CC(C)(C)OC(=O)c1c(NC(=O)NCc2c(-c3ccc(Cl)nc3)sc3c2CCCC3)sc2c1CCCC2. The average molecular weight is 558 g/mol. The lowest BCUT2D eigenvalue weighted by molar-refractivity contribution is 0.00699. The van der Waals surface area contributed by atoms with Gasteiger partial charge in [-0.2, -0.15) is 0 Å². The van der Waals surface area contributed by atoms with Crippen LogP contribution in [0.1, 0.15) is 83.3 Å². The van der Waals surface area contributed by atoms with Crippen molar-refractivity contribution in [3.05, 3.63) is 55.5 Å². The van der Waals surface area contributed by atoms with Gasteiger partial charge >= 0.3 is 12.0 Å². The summed E-state index contributed by atoms with van der Waals surface area (Å²) in [6, 6.07) is 3.47. The van der Waals surface area contributed by atoms with Crippen molar-refractivity contribution in [2.24, 2.45) is 0 Å². The lowest BCUT2D eigenvalue weighted by Crippen LogP contribution is -2.30. The second-order valence-corrected chi connectivity index (χ2v) is 13.2. The number of hydrogen-bond acceptors (Lipinski definition) is 6. The molecule has 2 N–H and O–H groups in total. The average Bonchev–Trinajstić information content (AvgIpc) is 3.40. The summed E-state index contributed by atoms with van der Waals surface area (Å²) in [4.78, 5) is 34.2. The quantitative estimate of drug-likeness (QED) is 0.250. The maximum atomic E-state index is 13.1. The Morgan fingerprint density at radius 1 is 1.00 bits per heavy atom. The van der Waals surface area contributed by atoms with E-state index in [0.29, 0.717) is 22.3 Å². The lowest BCUT2D eigenvalue weighted by Gasteiger charge is -2.21. The molecular weight excluding hydrogens is 526 g/mol. The van der Waals surface area contributed by atoms with Gasteiger partial charge in [0.05, 0.1) is 5.56 Å². The number of hydrogen-bond donors (Lipinski definition) is 2. The van der Waals surface area contributed by atoms with Gasteiger partial charge in [-0.15, -0.1) is 22.7 Å². The second kappa shape index (κ2) is 10.8. The molecule has 3 aromatic rings. The summed E-state index contributed by atoms with van der Waals surface area (Å²) < 4.78 is 5.71. The van der Waals surface area contributed by atoms with Crippen LogP contribution in [0, 0.1) is 0 Å². The predicted octanol–water partition coefficient (Wildman–Crippen LogP) is 7.56. The van der Waals surface area contributed by atoms with Crippen LogP contribution in [-0.2, 0) is 37.0 Å². The standard InChI is InChI=1S/C28H32ClN3O3S2/c1-28(2,3)35-26(33)23-18-9-5-7-11-21(18)37-25(23)32-27(34)31-15-19-17-8-4-6-10-20(17)36-24(19)16-12-13-22(29)30-14-16/h12-14H,4-11,15H2,1-3H3,(H2,31,32,34). The fraction of sp³-hybridized carbons (Fsp3) is 0.464. The maximum absolute atomic E-state index is 13.1. The molecule has 6 nitrogen and oxygen atoms in total. The van der Waals surface area contributed by atoms with Crippen LogP contribution in [-0.4, -0.2) is 22.6 Å². The third-order valence-electron chi connectivity index (χ3n) is 6.70. The zero-order chi connectivity index (χ0) is 26.2. The van der Waals surface area contributed by atoms with Crippen LogP contribution in [0.5, 0.6) is 0 Å². The molecule has 0 unspecified atom stereocenters. The summed E-state index contributed by atoms with van der Waals surface area (Å²) in [6.07, 6.45) is 10.1. The number of nitrogens with one attached hydrogen (secondary N) is 2. The van der Waals surface area contributed by atoms with Crippen LogP contribution in [0.25, 0.3) is 10.4 Å². The van der Waals surface area contributed by atoms with E-state index < -0.39 is 5.60 Å². The Bertz CT molecular complexity index is 1320. The van der Waals surface area contributed by atoms with Crippen LogP contribution in [0.2, 0.25) is 5.15 Å². The second-order valence-electron chi connectivity index (χ2n) is 10.6. The Kier molecular flexibility index (Phi) is 7.61. The predicted molar refractivity (Wildman–Crippen MR) is 151 cm³/mol. The van der Waals surface area contributed by atoms with E-state index in [2.05, 4.69) is 15.6 Å². The van der Waals surface area contributed by atoms with Gasteiger partial charge in [-0.1, -0.05) is 11.6 Å². The first kappa shape index (κ1) is 26.2. The highest BCUT2D eigenvalue weighted by Crippen LogP contribution is 2.41. The molecule has 37 heavy (non-hydrogen) atoms. The molecule has 2 aliphatic rings. The minimum Gasteiger partial charge on any atom is -0.456 e. The van der Waals surface area contributed by atoms with Gasteiger partial charge < -0.3 is 10.1 Å². The molecule has 0 atom stereocenters. The molecule has 9 heteroatoms. The van der Waals surface area contributed by atoms with Gasteiger partial charge in [-0.05, 0) is 101 Å². The summed E-state index contributed by atoms with van der Waals surface area (Å²) in [5, 5.41) is 7.09. The molecule has 3 heterocycles. The van der Waals surface area contributed by atoms with Crippen LogP contribution in [0.3, 0.4) is 0 Å². The Hall–Kier alpha value is -2.42. The molecule has 2 aliphatic carbocycles. The number of carbonyl (C=O) groups is 2. The first-order valence-corrected chi connectivity index (χ1v) is 14.9. The topological polar surface area (TPSA) is 80.3 Å². The van der Waals surface area contributed by atoms with E-state index in [1.165, 1.54) is 33.1 Å². The first-order valence-electron chi connectivity index (χ1n) is 12.9. The van der Waals surface area contributed by atoms with Gasteiger partial charge in [0, 0.05) is 32.9 Å². The Morgan fingerprint density at radius 2 is 1.68 bits per heavy atom. The number of carbonyl (C=O) groups excluding carboxylic acids is 2. The van der Waals surface area contributed by atoms with E-state index in [1.807, 2.05) is 26.8 Å². The summed E-state index contributed by atoms with van der Waals surface area (Å²) >= 11 is 9.32. The van der Waals surface area contributed by atoms with Crippen molar-refractivity contribution in [2.75, 3.05) is 5.32 Å². The number of rotatable bonds is 5. The normalized spacial score (nSPS) is 15.0. The molecule has 0 aromatic carbocycles. The highest BCUT2D eigenvalue weighted by Gasteiger charge is 2.30. The third-order valence-corrected chi connectivity index (χ3v) is 9.51. The van der Waals surface area contributed by atoms with Gasteiger partial charge in [0.2, 0.25) is 0 Å². The summed E-state index contributed by atoms with van der Waals surface area (Å²) in [7, 11) is 0. The largest absolute Gasteiger partial charge is 0.456 e. The van der Waals surface area contributed by atoms with Crippen molar-refractivity contribution in [3.8, 4) is 10.4 Å². The number of esters is 1. The van der Waals surface area contributed by atoms with E-state index in [-0.39, 0.29) is 12.0 Å². The van der Waals surface area contributed by atoms with E-state index in [9.17, 15) is 9.59 Å². The van der Waals surface area contributed by atoms with Gasteiger partial charge in [0.1, 0.15) is 15.8 Å². The molecule has 0 fully saturated rings. The van der Waals surface area contributed by atoms with Gasteiger partial charge in [-0.25, -0.2) is 14.6 Å². The summed E-state index contributed by atoms with van der Waals surface area (Å²) in [5.74, 6) is -0.369. The van der Waals surface area contributed by atoms with Gasteiger partial charge in [0.15, 0.2) is 0 Å². The highest BCUT2D eigenvalue weighted by atomic mass is 35.5. The molecule has 0 bridgehead atoms. The zero-order valence-corrected chi connectivity index (χ0v) is 23.9. The molecule has 0 spiro atoms. The molecular formula is C28H32ClN3O3S2. The Labute approximate surface area is 230 Å². The molecule has 0 saturated carbocycles. The van der Waals surface area contributed by atoms with E-state index in [1.54, 1.807) is 23.6 Å². The molecule has 0 aliphatic heterocycles. The smallest absolute Gasteiger partial charge is 0.341 e. The van der Waals surface area contributed by atoms with Crippen LogP contribution in [0.4, 0.5) is 9.80 Å². The number of fused-ring (bicyclic) bond motifs is 2. The number of anilines is 1. The van der Waals surface area contributed by atoms with Crippen molar-refractivity contribution >= 4 is 51.3 Å². The number of urea groups is 1. The van der Waals surface area contributed by atoms with Crippen LogP contribution in [0.15, 0.2) is 18.3 Å². The number of nitrogens with zero attached hydrogens (tertiary/aromatic N) is 1. The Morgan fingerprint density at radius 3 is 2.35 bits per heavy atom. The number of thiophene rings is 2. The fourth-order valence-electron chi connectivity index (χ4n) is 5.08. The van der Waals surface area contributed by atoms with Crippen molar-refractivity contribution in [1.29, 1.82) is 0 Å². The number of aromatic nitrogens is 1. The summed E-state index contributed by atoms with van der Waals surface area (Å²) in [6.45, 7) is 5.99. The minimum absolute atomic E-state index is 0.320. The first-order chi connectivity index (χ1) is 17.7. The monoisotopic (exact) mass is 557 g/mol. The van der Waals surface area contributed by atoms with E-state index in [4.69, 9.17) is 16.3 Å². The lowest BCUT2D eigenvalue weighted by atomic mass is 9.94. The van der Waals surface area contributed by atoms with Crippen LogP contribution >= 0.6 is 34.3 Å². The van der Waals surface area contributed by atoms with Gasteiger partial charge in [-0.3, -0.25) is 5.32 Å². The van der Waals surface area contributed by atoms with Crippen molar-refractivity contribution in [1.82, 2.24) is 10.3 Å². The number of ether oxygens (including phenoxy) is 1. The molecule has 3 aromatic heterocycles. The molecule has 5 rings (SSSR count). The Balaban J connectivity index is 1.37.